The molecule has 0 saturated carbocycles. The summed E-state index contributed by atoms with van der Waals surface area (Å²) in [6, 6.07) is 13.5. The Morgan fingerprint density at radius 2 is 1.77 bits per heavy atom. The fourth-order valence-electron chi connectivity index (χ4n) is 3.23. The van der Waals surface area contributed by atoms with E-state index in [1.807, 2.05) is 0 Å². The van der Waals surface area contributed by atoms with Crippen molar-refractivity contribution >= 4 is 38.8 Å². The van der Waals surface area contributed by atoms with Crippen molar-refractivity contribution in [3.63, 3.8) is 0 Å². The number of carbonyl (C=O) groups excluding carboxylic acids is 1. The molecule has 0 heterocycles. The first-order chi connectivity index (χ1) is 16.5. The van der Waals surface area contributed by atoms with E-state index in [9.17, 15) is 33.2 Å². The molecule has 11 nitrogen and oxygen atoms in total. The zero-order valence-electron chi connectivity index (χ0n) is 18.6. The van der Waals surface area contributed by atoms with Crippen molar-refractivity contribution in [2.24, 2.45) is 0 Å². The molecule has 1 amide bonds. The number of sulfone groups is 1. The van der Waals surface area contributed by atoms with Gasteiger partial charge in [-0.25, -0.2) is 13.2 Å². The fraction of sp³-hybridized carbons (Fsp3) is 0.130. The number of hydrogen-bond acceptors (Lipinski definition) is 8. The molecule has 182 valence electrons. The second kappa shape index (κ2) is 10.2. The Bertz CT molecular complexity index is 1420. The molecule has 0 aliphatic rings. The van der Waals surface area contributed by atoms with Crippen LogP contribution in [0.15, 0.2) is 70.5 Å². The Hall–Kier alpha value is -4.45. The molecule has 35 heavy (non-hydrogen) atoms. The highest BCUT2D eigenvalue weighted by Crippen LogP contribution is 2.33. The van der Waals surface area contributed by atoms with Crippen molar-refractivity contribution in [3.8, 4) is 5.75 Å². The van der Waals surface area contributed by atoms with E-state index < -0.39 is 33.2 Å². The van der Waals surface area contributed by atoms with Crippen LogP contribution >= 0.6 is 0 Å². The van der Waals surface area contributed by atoms with Gasteiger partial charge in [-0.1, -0.05) is 18.2 Å². The number of amides is 1. The molecule has 3 rings (SSSR count). The maximum absolute atomic E-state index is 13.4. The molecule has 3 N–H and O–H groups in total. The molecule has 0 aliphatic carbocycles. The molecule has 0 atom stereocenters. The van der Waals surface area contributed by atoms with Gasteiger partial charge in [0.2, 0.25) is 15.7 Å². The quantitative estimate of drug-likeness (QED) is 0.295. The number of hydrogen-bond donors (Lipinski definition) is 3. The van der Waals surface area contributed by atoms with Crippen LogP contribution in [0.25, 0.3) is 0 Å². The number of nitro groups is 1. The van der Waals surface area contributed by atoms with Crippen molar-refractivity contribution in [3.05, 3.63) is 81.9 Å². The van der Waals surface area contributed by atoms with Crippen LogP contribution in [0.3, 0.4) is 0 Å². The Kier molecular flexibility index (Phi) is 7.35. The summed E-state index contributed by atoms with van der Waals surface area (Å²) >= 11 is 0. The number of carbonyl (C=O) groups is 2. The summed E-state index contributed by atoms with van der Waals surface area (Å²) < 4.78 is 31.9. The zero-order chi connectivity index (χ0) is 25.8. The number of nitro benzene ring substituents is 1. The van der Waals surface area contributed by atoms with Crippen LogP contribution in [0.4, 0.5) is 17.1 Å². The van der Waals surface area contributed by atoms with Crippen LogP contribution in [0.2, 0.25) is 0 Å². The largest absolute Gasteiger partial charge is 0.497 e. The van der Waals surface area contributed by atoms with Gasteiger partial charge in [-0.2, -0.15) is 0 Å². The fourth-order valence-corrected chi connectivity index (χ4v) is 4.70. The van der Waals surface area contributed by atoms with Gasteiger partial charge in [-0.3, -0.25) is 14.9 Å². The molecular formula is C23H21N3O8S. The molecule has 0 fully saturated rings. The average molecular weight is 500 g/mol. The van der Waals surface area contributed by atoms with Crippen molar-refractivity contribution in [1.29, 1.82) is 0 Å². The normalized spacial score (nSPS) is 10.9. The first-order valence-corrected chi connectivity index (χ1v) is 11.6. The maximum atomic E-state index is 13.4. The molecule has 3 aromatic rings. The van der Waals surface area contributed by atoms with Gasteiger partial charge in [-0.15, -0.1) is 0 Å². The number of nitrogens with zero attached hydrogens (tertiary/aromatic N) is 1. The third-order valence-electron chi connectivity index (χ3n) is 5.04. The SMILES string of the molecule is COc1ccc(NCC(=O)Nc2ccccc2C(=O)O)c(S(=O)(=O)c2ccc(C)c([N+](=O)[O-])c2)c1. The lowest BCUT2D eigenvalue weighted by Crippen LogP contribution is -2.23. The molecule has 0 radical (unpaired) electrons. The summed E-state index contributed by atoms with van der Waals surface area (Å²) in [5.41, 5.74) is -0.0113. The number of nitrogens with one attached hydrogen (secondary N) is 2. The molecule has 0 spiro atoms. The summed E-state index contributed by atoms with van der Waals surface area (Å²) in [5, 5.41) is 25.7. The van der Waals surface area contributed by atoms with E-state index in [1.54, 1.807) is 6.07 Å². The number of anilines is 2. The van der Waals surface area contributed by atoms with Gasteiger partial charge >= 0.3 is 5.97 Å². The van der Waals surface area contributed by atoms with Crippen molar-refractivity contribution in [2.75, 3.05) is 24.3 Å². The molecular weight excluding hydrogens is 478 g/mol. The predicted octanol–water partition coefficient (Wildman–Crippen LogP) is 3.49. The number of benzene rings is 3. The van der Waals surface area contributed by atoms with E-state index in [4.69, 9.17) is 4.74 Å². The molecule has 3 aromatic carbocycles. The smallest absolute Gasteiger partial charge is 0.337 e. The summed E-state index contributed by atoms with van der Waals surface area (Å²) in [4.78, 5) is 33.9. The van der Waals surface area contributed by atoms with E-state index in [1.165, 1.54) is 62.6 Å². The first-order valence-electron chi connectivity index (χ1n) is 10.1. The Morgan fingerprint density at radius 1 is 1.06 bits per heavy atom. The third-order valence-corrected chi connectivity index (χ3v) is 6.83. The van der Waals surface area contributed by atoms with Gasteiger partial charge in [0.15, 0.2) is 0 Å². The molecule has 0 aliphatic heterocycles. The van der Waals surface area contributed by atoms with Crippen LogP contribution in [-0.4, -0.2) is 44.0 Å². The van der Waals surface area contributed by atoms with E-state index >= 15 is 0 Å². The molecule has 0 saturated heterocycles. The number of methoxy groups -OCH3 is 1. The minimum Gasteiger partial charge on any atom is -0.497 e. The molecule has 0 aromatic heterocycles. The minimum atomic E-state index is -4.26. The van der Waals surface area contributed by atoms with Crippen LogP contribution in [0.5, 0.6) is 5.75 Å². The highest BCUT2D eigenvalue weighted by Gasteiger charge is 2.26. The van der Waals surface area contributed by atoms with Crippen molar-refractivity contribution in [1.82, 2.24) is 0 Å². The van der Waals surface area contributed by atoms with Crippen molar-refractivity contribution in [2.45, 2.75) is 16.7 Å². The number of ether oxygens (including phenoxy) is 1. The third kappa shape index (κ3) is 5.55. The van der Waals surface area contributed by atoms with Crippen LogP contribution < -0.4 is 15.4 Å². The second-order valence-electron chi connectivity index (χ2n) is 7.32. The number of carboxylic acids is 1. The molecule has 0 bridgehead atoms. The number of para-hydroxylation sites is 1. The Labute approximate surface area is 200 Å². The van der Waals surface area contributed by atoms with E-state index in [2.05, 4.69) is 10.6 Å². The summed E-state index contributed by atoms with van der Waals surface area (Å²) in [6.07, 6.45) is 0. The van der Waals surface area contributed by atoms with Gasteiger partial charge in [0, 0.05) is 17.7 Å². The van der Waals surface area contributed by atoms with Gasteiger partial charge in [-0.05, 0) is 37.3 Å². The zero-order valence-corrected chi connectivity index (χ0v) is 19.5. The average Bonchev–Trinajstić information content (AvgIpc) is 2.82. The van der Waals surface area contributed by atoms with Gasteiger partial charge in [0.05, 0.1) is 45.3 Å². The summed E-state index contributed by atoms with van der Waals surface area (Å²) in [5.74, 6) is -1.62. The topological polar surface area (TPSA) is 165 Å². The number of rotatable bonds is 9. The number of aryl methyl sites for hydroxylation is 1. The minimum absolute atomic E-state index is 0.0516. The van der Waals surface area contributed by atoms with Gasteiger partial charge in [0.1, 0.15) is 5.75 Å². The predicted molar refractivity (Wildman–Crippen MR) is 127 cm³/mol. The first kappa shape index (κ1) is 25.2. The number of aromatic carboxylic acids is 1. The van der Waals surface area contributed by atoms with Crippen LogP contribution in [0.1, 0.15) is 15.9 Å². The highest BCUT2D eigenvalue weighted by atomic mass is 32.2. The summed E-state index contributed by atoms with van der Waals surface area (Å²) in [6.45, 7) is 1.10. The Balaban J connectivity index is 1.92. The summed E-state index contributed by atoms with van der Waals surface area (Å²) in [7, 11) is -2.91. The second-order valence-corrected chi connectivity index (χ2v) is 9.24. The maximum Gasteiger partial charge on any atom is 0.337 e. The van der Waals surface area contributed by atoms with Crippen LogP contribution in [0, 0.1) is 17.0 Å². The standard InChI is InChI=1S/C23H21N3O8S/c1-14-7-9-16(12-20(14)26(30)31)35(32,33)21-11-15(34-2)8-10-19(21)24-13-22(27)25-18-6-4-3-5-17(18)23(28)29/h3-12,24H,13H2,1-2H3,(H,25,27)(H,28,29). The van der Waals surface area contributed by atoms with Crippen molar-refractivity contribution < 1.29 is 32.8 Å². The van der Waals surface area contributed by atoms with Gasteiger partial charge < -0.3 is 20.5 Å². The van der Waals surface area contributed by atoms with E-state index in [-0.39, 0.29) is 38.2 Å². The highest BCUT2D eigenvalue weighted by molar-refractivity contribution is 7.91. The van der Waals surface area contributed by atoms with Gasteiger partial charge in [0.25, 0.3) is 5.69 Å². The lowest BCUT2D eigenvalue weighted by Gasteiger charge is -2.15. The van der Waals surface area contributed by atoms with E-state index in [0.717, 1.165) is 6.07 Å². The number of carboxylic acid groups (broad SMARTS) is 1. The molecule has 12 heteroatoms. The van der Waals surface area contributed by atoms with Crippen LogP contribution in [-0.2, 0) is 14.6 Å². The Morgan fingerprint density at radius 3 is 2.43 bits per heavy atom. The lowest BCUT2D eigenvalue weighted by molar-refractivity contribution is -0.385. The van der Waals surface area contributed by atoms with E-state index in [0.29, 0.717) is 5.56 Å². The monoisotopic (exact) mass is 499 g/mol. The lowest BCUT2D eigenvalue weighted by atomic mass is 10.2. The molecule has 0 unspecified atom stereocenters.